The van der Waals surface area contributed by atoms with Gasteiger partial charge in [0.2, 0.25) is 0 Å². The maximum Gasteiger partial charge on any atom is 0.273 e. The summed E-state index contributed by atoms with van der Waals surface area (Å²) in [7, 11) is 0. The SMILES string of the molecule is C[C@H](CNC(=O)c1ccc([N+](=O)[O-])cc1O)c1nccs1. The number of rotatable bonds is 5. The average Bonchev–Trinajstić information content (AvgIpc) is 2.98. The molecule has 0 radical (unpaired) electrons. The van der Waals surface area contributed by atoms with E-state index in [4.69, 9.17) is 0 Å². The van der Waals surface area contributed by atoms with E-state index < -0.39 is 16.6 Å². The molecule has 2 aromatic rings. The fourth-order valence-electron chi connectivity index (χ4n) is 1.73. The number of non-ortho nitro benzene ring substituents is 1. The molecular formula is C13H13N3O4S. The first-order valence-electron chi connectivity index (χ1n) is 6.14. The number of nitro benzene ring substituents is 1. The summed E-state index contributed by atoms with van der Waals surface area (Å²) in [5.74, 6) is -0.844. The van der Waals surface area contributed by atoms with Crippen molar-refractivity contribution >= 4 is 22.9 Å². The third kappa shape index (κ3) is 3.54. The Labute approximate surface area is 124 Å². The van der Waals surface area contributed by atoms with Crippen molar-refractivity contribution in [2.75, 3.05) is 6.54 Å². The molecule has 8 heteroatoms. The van der Waals surface area contributed by atoms with Gasteiger partial charge in [0.1, 0.15) is 5.75 Å². The van der Waals surface area contributed by atoms with Crippen LogP contribution in [0.25, 0.3) is 0 Å². The molecule has 2 N–H and O–H groups in total. The Morgan fingerprint density at radius 3 is 2.90 bits per heavy atom. The van der Waals surface area contributed by atoms with Crippen molar-refractivity contribution in [3.63, 3.8) is 0 Å². The van der Waals surface area contributed by atoms with Gasteiger partial charge >= 0.3 is 0 Å². The standard InChI is InChI=1S/C13H13N3O4S/c1-8(13-14-4-5-21-13)7-15-12(18)10-3-2-9(16(19)20)6-11(10)17/h2-6,8,17H,7H2,1H3,(H,15,18)/t8-/m1/s1. The number of aromatic nitrogens is 1. The molecule has 1 amide bonds. The van der Waals surface area contributed by atoms with E-state index in [-0.39, 0.29) is 17.2 Å². The molecule has 0 aliphatic rings. The van der Waals surface area contributed by atoms with Gasteiger partial charge in [0.05, 0.1) is 21.6 Å². The number of thiazole rings is 1. The summed E-state index contributed by atoms with van der Waals surface area (Å²) in [6.45, 7) is 2.29. The lowest BCUT2D eigenvalue weighted by atomic mass is 10.1. The van der Waals surface area contributed by atoms with Crippen molar-refractivity contribution in [2.45, 2.75) is 12.8 Å². The molecule has 1 aromatic heterocycles. The number of nitro groups is 1. The van der Waals surface area contributed by atoms with Crippen molar-refractivity contribution in [1.82, 2.24) is 10.3 Å². The minimum absolute atomic E-state index is 0.00642. The molecule has 0 saturated carbocycles. The van der Waals surface area contributed by atoms with Crippen LogP contribution in [0, 0.1) is 10.1 Å². The second kappa shape index (κ2) is 6.31. The van der Waals surface area contributed by atoms with Crippen LogP contribution in [0.1, 0.15) is 28.2 Å². The van der Waals surface area contributed by atoms with Gasteiger partial charge < -0.3 is 10.4 Å². The molecule has 7 nitrogen and oxygen atoms in total. The number of hydrogen-bond donors (Lipinski definition) is 2. The predicted molar refractivity (Wildman–Crippen MR) is 77.6 cm³/mol. The zero-order chi connectivity index (χ0) is 15.4. The number of benzene rings is 1. The normalized spacial score (nSPS) is 11.9. The van der Waals surface area contributed by atoms with E-state index >= 15 is 0 Å². The van der Waals surface area contributed by atoms with E-state index in [1.165, 1.54) is 23.5 Å². The van der Waals surface area contributed by atoms with Gasteiger partial charge in [0.25, 0.3) is 11.6 Å². The van der Waals surface area contributed by atoms with Crippen molar-refractivity contribution in [3.8, 4) is 5.75 Å². The van der Waals surface area contributed by atoms with Crippen molar-refractivity contribution in [1.29, 1.82) is 0 Å². The second-order valence-electron chi connectivity index (χ2n) is 4.44. The molecule has 0 aliphatic carbocycles. The first-order valence-corrected chi connectivity index (χ1v) is 7.02. The highest BCUT2D eigenvalue weighted by Gasteiger charge is 2.17. The van der Waals surface area contributed by atoms with E-state index in [1.807, 2.05) is 12.3 Å². The highest BCUT2D eigenvalue weighted by atomic mass is 32.1. The first kappa shape index (κ1) is 14.9. The topological polar surface area (TPSA) is 105 Å². The number of phenols is 1. The Hall–Kier alpha value is -2.48. The third-order valence-electron chi connectivity index (χ3n) is 2.88. The molecule has 1 heterocycles. The minimum Gasteiger partial charge on any atom is -0.507 e. The van der Waals surface area contributed by atoms with Crippen LogP contribution in [0.3, 0.4) is 0 Å². The molecule has 1 aromatic carbocycles. The average molecular weight is 307 g/mol. The van der Waals surface area contributed by atoms with Crippen LogP contribution in [0.2, 0.25) is 0 Å². The Morgan fingerprint density at radius 1 is 1.57 bits per heavy atom. The van der Waals surface area contributed by atoms with Crippen molar-refractivity contribution in [3.05, 3.63) is 50.5 Å². The van der Waals surface area contributed by atoms with Crippen molar-refractivity contribution in [2.24, 2.45) is 0 Å². The lowest BCUT2D eigenvalue weighted by molar-refractivity contribution is -0.384. The maximum atomic E-state index is 12.0. The molecule has 0 bridgehead atoms. The summed E-state index contributed by atoms with van der Waals surface area (Å²) in [6, 6.07) is 3.37. The highest BCUT2D eigenvalue weighted by molar-refractivity contribution is 7.09. The molecule has 0 saturated heterocycles. The summed E-state index contributed by atoms with van der Waals surface area (Å²) >= 11 is 1.50. The zero-order valence-electron chi connectivity index (χ0n) is 11.1. The summed E-state index contributed by atoms with van der Waals surface area (Å²) in [4.78, 5) is 26.1. The van der Waals surface area contributed by atoms with E-state index in [0.29, 0.717) is 6.54 Å². The zero-order valence-corrected chi connectivity index (χ0v) is 12.0. The van der Waals surface area contributed by atoms with E-state index in [2.05, 4.69) is 10.3 Å². The largest absolute Gasteiger partial charge is 0.507 e. The van der Waals surface area contributed by atoms with Crippen LogP contribution in [0.15, 0.2) is 29.8 Å². The Balaban J connectivity index is 2.02. The predicted octanol–water partition coefficient (Wildman–Crippen LogP) is 2.29. The number of carbonyl (C=O) groups is 1. The molecular weight excluding hydrogens is 294 g/mol. The number of phenolic OH excluding ortho intramolecular Hbond substituents is 1. The lowest BCUT2D eigenvalue weighted by Gasteiger charge is -2.10. The van der Waals surface area contributed by atoms with Crippen LogP contribution >= 0.6 is 11.3 Å². The first-order chi connectivity index (χ1) is 9.99. The summed E-state index contributed by atoms with van der Waals surface area (Å²) < 4.78 is 0. The number of nitrogens with one attached hydrogen (secondary N) is 1. The highest BCUT2D eigenvalue weighted by Crippen LogP contribution is 2.23. The van der Waals surface area contributed by atoms with Crippen LogP contribution in [-0.2, 0) is 0 Å². The van der Waals surface area contributed by atoms with E-state index in [1.54, 1.807) is 6.20 Å². The van der Waals surface area contributed by atoms with Crippen LogP contribution in [-0.4, -0.2) is 27.5 Å². The van der Waals surface area contributed by atoms with Gasteiger partial charge in [-0.3, -0.25) is 14.9 Å². The van der Waals surface area contributed by atoms with Gasteiger partial charge in [-0.1, -0.05) is 6.92 Å². The minimum atomic E-state index is -0.633. The molecule has 1 atom stereocenters. The molecule has 0 unspecified atom stereocenters. The Kier molecular flexibility index (Phi) is 4.49. The number of nitrogens with zero attached hydrogens (tertiary/aromatic N) is 2. The molecule has 0 spiro atoms. The Bertz CT molecular complexity index is 657. The summed E-state index contributed by atoms with van der Waals surface area (Å²) in [6.07, 6.45) is 1.69. The molecule has 0 aliphatic heterocycles. The summed E-state index contributed by atoms with van der Waals surface area (Å²) in [5, 5.41) is 25.7. The van der Waals surface area contributed by atoms with Gasteiger partial charge in [-0.25, -0.2) is 4.98 Å². The Morgan fingerprint density at radius 2 is 2.33 bits per heavy atom. The van der Waals surface area contributed by atoms with Crippen LogP contribution in [0.5, 0.6) is 5.75 Å². The quantitative estimate of drug-likeness (QED) is 0.651. The smallest absolute Gasteiger partial charge is 0.273 e. The lowest BCUT2D eigenvalue weighted by Crippen LogP contribution is -2.27. The van der Waals surface area contributed by atoms with Gasteiger partial charge in [-0.15, -0.1) is 11.3 Å². The molecule has 21 heavy (non-hydrogen) atoms. The van der Waals surface area contributed by atoms with E-state index in [0.717, 1.165) is 11.1 Å². The summed E-state index contributed by atoms with van der Waals surface area (Å²) in [5.41, 5.74) is -0.257. The van der Waals surface area contributed by atoms with Gasteiger partial charge in [-0.2, -0.15) is 0 Å². The second-order valence-corrected chi connectivity index (χ2v) is 5.37. The number of aromatic hydroxyl groups is 1. The molecule has 110 valence electrons. The van der Waals surface area contributed by atoms with Gasteiger partial charge in [-0.05, 0) is 6.07 Å². The number of amides is 1. The van der Waals surface area contributed by atoms with Crippen LogP contribution < -0.4 is 5.32 Å². The number of carbonyl (C=O) groups excluding carboxylic acids is 1. The monoisotopic (exact) mass is 307 g/mol. The third-order valence-corrected chi connectivity index (χ3v) is 3.89. The van der Waals surface area contributed by atoms with Crippen molar-refractivity contribution < 1.29 is 14.8 Å². The fraction of sp³-hybridized carbons (Fsp3) is 0.231. The van der Waals surface area contributed by atoms with Gasteiger partial charge in [0, 0.05) is 30.1 Å². The molecule has 0 fully saturated rings. The van der Waals surface area contributed by atoms with Gasteiger partial charge in [0.15, 0.2) is 0 Å². The maximum absolute atomic E-state index is 12.0. The van der Waals surface area contributed by atoms with Crippen LogP contribution in [0.4, 0.5) is 5.69 Å². The fourth-order valence-corrected chi connectivity index (χ4v) is 2.43. The van der Waals surface area contributed by atoms with E-state index in [9.17, 15) is 20.0 Å². The molecule has 2 rings (SSSR count). The number of hydrogen-bond acceptors (Lipinski definition) is 6.